The van der Waals surface area contributed by atoms with Crippen molar-refractivity contribution >= 4 is 30.9 Å². The molecule has 0 aliphatic heterocycles. The maximum Gasteiger partial charge on any atom is 0.211 e. The third kappa shape index (κ3) is 7.05. The first-order valence-corrected chi connectivity index (χ1v) is 10.1. The largest absolute Gasteiger partial charge is 0.249 e. The van der Waals surface area contributed by atoms with Crippen LogP contribution in [-0.4, -0.2) is 20.1 Å². The average Bonchev–Trinajstić information content (AvgIpc) is 2.77. The topological polar surface area (TPSA) is 0 Å². The second-order valence-electron chi connectivity index (χ2n) is 7.73. The highest BCUT2D eigenvalue weighted by molar-refractivity contribution is 6.67. The summed E-state index contributed by atoms with van der Waals surface area (Å²) < 4.78 is 145. The zero-order valence-electron chi connectivity index (χ0n) is 18.2. The van der Waals surface area contributed by atoms with Gasteiger partial charge in [-0.2, -0.15) is 0 Å². The van der Waals surface area contributed by atoms with Crippen LogP contribution in [0, 0.1) is 52.4 Å². The fraction of sp³-hybridized carbons (Fsp3) is 0.0833. The lowest BCUT2D eigenvalue weighted by atomic mass is 9.54. The molecular weight excluding hydrogens is 519 g/mol. The molecule has 1 aliphatic carbocycles. The van der Waals surface area contributed by atoms with Gasteiger partial charge in [-0.15, -0.1) is 0 Å². The normalized spacial score (nSPS) is 16.6. The van der Waals surface area contributed by atoms with E-state index in [2.05, 4.69) is 0 Å². The van der Waals surface area contributed by atoms with Gasteiger partial charge >= 0.3 is 0 Å². The average molecular weight is 530 g/mol. The van der Waals surface area contributed by atoms with Crippen LogP contribution in [-0.2, 0) is 0 Å². The highest BCUT2D eigenvalue weighted by Crippen LogP contribution is 2.27. The smallest absolute Gasteiger partial charge is 0.211 e. The maximum atomic E-state index is 14.1. The Hall–Kier alpha value is -3.50. The number of rotatable bonds is 4. The summed E-state index contributed by atoms with van der Waals surface area (Å²) in [6.45, 7) is 0. The van der Waals surface area contributed by atoms with Crippen molar-refractivity contribution in [3.8, 4) is 0 Å². The molecule has 0 nitrogen and oxygen atoms in total. The van der Waals surface area contributed by atoms with E-state index in [1.165, 1.54) is 0 Å². The van der Waals surface area contributed by atoms with Gasteiger partial charge in [-0.05, 0) is 34.6 Å². The van der Waals surface area contributed by atoms with Crippen LogP contribution < -0.4 is 16.4 Å². The monoisotopic (exact) mass is 530 g/mol. The lowest BCUT2D eigenvalue weighted by Gasteiger charge is -2.22. The van der Waals surface area contributed by atoms with Crippen LogP contribution in [0.1, 0.15) is 6.42 Å². The van der Waals surface area contributed by atoms with Gasteiger partial charge in [0.15, 0.2) is 23.3 Å². The molecule has 2 radical (unpaired) electrons. The molecule has 0 saturated carbocycles. The van der Waals surface area contributed by atoms with Crippen molar-refractivity contribution < 1.29 is 48.3 Å². The fourth-order valence-corrected chi connectivity index (χ4v) is 3.26. The minimum Gasteiger partial charge on any atom is -0.249 e. The molecule has 3 aromatic rings. The van der Waals surface area contributed by atoms with Crippen LogP contribution in [0.5, 0.6) is 0 Å². The summed E-state index contributed by atoms with van der Waals surface area (Å²) >= 11 is 0. The molecule has 190 valence electrons. The van der Waals surface area contributed by atoms with Crippen LogP contribution >= 0.6 is 0 Å². The third-order valence-electron chi connectivity index (χ3n) is 4.87. The highest BCUT2D eigenvalue weighted by atomic mass is 19.2. The second-order valence-corrected chi connectivity index (χ2v) is 7.73. The lowest BCUT2D eigenvalue weighted by molar-refractivity contribution is 0.316. The van der Waals surface area contributed by atoms with E-state index < -0.39 is 86.6 Å². The molecule has 1 aliphatic rings. The van der Waals surface area contributed by atoms with Gasteiger partial charge < -0.3 is 0 Å². The Labute approximate surface area is 204 Å². The number of benzene rings is 3. The molecule has 0 fully saturated rings. The summed E-state index contributed by atoms with van der Waals surface area (Å²) in [5.41, 5.74) is -4.33. The summed E-state index contributed by atoms with van der Waals surface area (Å²) in [5.74, 6) is -12.3. The van der Waals surface area contributed by atoms with Crippen LogP contribution in [0.3, 0.4) is 0 Å². The minimum absolute atomic E-state index is 0.296. The summed E-state index contributed by atoms with van der Waals surface area (Å²) in [4.78, 5) is 0. The van der Waals surface area contributed by atoms with Crippen LogP contribution in [0.2, 0.25) is 0 Å². The Bertz CT molecular complexity index is 1360. The number of hydrogen-bond acceptors (Lipinski definition) is 0. The molecular formula is C24H11B2F11. The minimum atomic E-state index is -2.29. The van der Waals surface area contributed by atoms with E-state index in [9.17, 15) is 48.3 Å². The molecule has 0 saturated heterocycles. The van der Waals surface area contributed by atoms with Crippen molar-refractivity contribution in [2.75, 3.05) is 0 Å². The van der Waals surface area contributed by atoms with Crippen molar-refractivity contribution in [1.82, 2.24) is 0 Å². The van der Waals surface area contributed by atoms with Gasteiger partial charge in [0.25, 0.3) is 0 Å². The maximum absolute atomic E-state index is 14.1. The molecule has 0 spiro atoms. The van der Waals surface area contributed by atoms with Gasteiger partial charge in [-0.25, -0.2) is 48.3 Å². The third-order valence-corrected chi connectivity index (χ3v) is 4.87. The van der Waals surface area contributed by atoms with Gasteiger partial charge in [-0.1, -0.05) is 12.2 Å². The van der Waals surface area contributed by atoms with Gasteiger partial charge in [0.05, 0.1) is 0 Å². The summed E-state index contributed by atoms with van der Waals surface area (Å²) in [6, 6.07) is 2.63. The molecule has 0 aromatic heterocycles. The zero-order valence-corrected chi connectivity index (χ0v) is 18.2. The lowest BCUT2D eigenvalue weighted by Crippen LogP contribution is -2.39. The molecule has 0 amide bonds. The predicted molar refractivity (Wildman–Crippen MR) is 116 cm³/mol. The van der Waals surface area contributed by atoms with E-state index in [1.54, 1.807) is 0 Å². The standard InChI is InChI=1S/C12H4BF6.C12H7BF5/c14-5-1-7(12(19)10(18)4-5)13-11-8(16)2-6(15)3-9(11)17;14-7-2-1-3-12(18,6-7)13-9-4-8(15)5-10(16)11(9)17/h1-4H;1-5H,6H2. The van der Waals surface area contributed by atoms with Crippen LogP contribution in [0.15, 0.2) is 60.5 Å². The van der Waals surface area contributed by atoms with Crippen molar-refractivity contribution in [1.29, 1.82) is 0 Å². The van der Waals surface area contributed by atoms with Crippen molar-refractivity contribution in [2.24, 2.45) is 0 Å². The van der Waals surface area contributed by atoms with Gasteiger partial charge in [0.2, 0.25) is 14.6 Å². The summed E-state index contributed by atoms with van der Waals surface area (Å²) in [6.07, 6.45) is 2.57. The summed E-state index contributed by atoms with van der Waals surface area (Å²) in [5, 5.41) is 0. The van der Waals surface area contributed by atoms with E-state index in [0.29, 0.717) is 51.0 Å². The van der Waals surface area contributed by atoms with Crippen molar-refractivity contribution in [2.45, 2.75) is 12.0 Å². The van der Waals surface area contributed by atoms with Crippen LogP contribution in [0.25, 0.3) is 0 Å². The van der Waals surface area contributed by atoms with E-state index in [1.807, 2.05) is 0 Å². The summed E-state index contributed by atoms with van der Waals surface area (Å²) in [7, 11) is 1.23. The molecule has 0 bridgehead atoms. The van der Waals surface area contributed by atoms with Crippen molar-refractivity contribution in [3.63, 3.8) is 0 Å². The molecule has 4 rings (SSSR count). The molecule has 0 N–H and O–H groups in total. The first kappa shape index (κ1) is 28.1. The van der Waals surface area contributed by atoms with E-state index >= 15 is 0 Å². The second kappa shape index (κ2) is 11.3. The van der Waals surface area contributed by atoms with E-state index in [4.69, 9.17) is 0 Å². The van der Waals surface area contributed by atoms with E-state index in [-0.39, 0.29) is 0 Å². The Morgan fingerprint density at radius 2 is 1.05 bits per heavy atom. The molecule has 0 heterocycles. The predicted octanol–water partition coefficient (Wildman–Crippen LogP) is 5.09. The van der Waals surface area contributed by atoms with Gasteiger partial charge in [-0.3, -0.25) is 0 Å². The number of halogens is 11. The molecule has 37 heavy (non-hydrogen) atoms. The Kier molecular flexibility index (Phi) is 8.55. The number of allylic oxidation sites excluding steroid dienone is 4. The Morgan fingerprint density at radius 3 is 1.59 bits per heavy atom. The zero-order chi connectivity index (χ0) is 27.5. The SMILES string of the molecule is FC1=CC=CC(F)([B]c2cc(F)cc(F)c2F)C1.Fc1cc(F)c([B]c2cc(F)cc(F)c2F)c(F)c1. The Morgan fingerprint density at radius 1 is 0.595 bits per heavy atom. The van der Waals surface area contributed by atoms with Crippen molar-refractivity contribution in [3.05, 3.63) is 113 Å². The first-order chi connectivity index (χ1) is 17.3. The molecule has 13 heteroatoms. The first-order valence-electron chi connectivity index (χ1n) is 10.1. The Balaban J connectivity index is 0.000000206. The molecule has 1 atom stereocenters. The molecule has 1 unspecified atom stereocenters. The number of hydrogen-bond donors (Lipinski definition) is 0. The number of alkyl halides is 1. The highest BCUT2D eigenvalue weighted by Gasteiger charge is 2.33. The van der Waals surface area contributed by atoms with E-state index in [0.717, 1.165) is 18.2 Å². The fourth-order valence-electron chi connectivity index (χ4n) is 3.26. The quantitative estimate of drug-likeness (QED) is 0.251. The molecule has 3 aromatic carbocycles. The van der Waals surface area contributed by atoms with Crippen LogP contribution in [0.4, 0.5) is 48.3 Å². The van der Waals surface area contributed by atoms with Gasteiger partial charge in [0.1, 0.15) is 40.5 Å². The van der Waals surface area contributed by atoms with Gasteiger partial charge in [0, 0.05) is 30.7 Å².